The SMILES string of the molecule is CN.I.I.I.N=C(N)N.NCc1ccccc1.[I-].[I-].[I-].[I-].[Pb+4]. The van der Waals surface area contributed by atoms with E-state index in [0.29, 0.717) is 6.54 Å². The third-order valence-electron chi connectivity index (χ3n) is 1.08. The average molecular weight is 1300 g/mol. The fourth-order valence-electron chi connectivity index (χ4n) is 0.614. The fourth-order valence-corrected chi connectivity index (χ4v) is 0.614. The van der Waals surface area contributed by atoms with Crippen LogP contribution in [-0.2, 0) is 6.54 Å². The van der Waals surface area contributed by atoms with Crippen LogP contribution in [0.2, 0.25) is 0 Å². The van der Waals surface area contributed by atoms with Crippen LogP contribution >= 0.6 is 71.9 Å². The third-order valence-corrected chi connectivity index (χ3v) is 1.08. The van der Waals surface area contributed by atoms with Crippen LogP contribution in [-0.4, -0.2) is 40.3 Å². The van der Waals surface area contributed by atoms with Crippen LogP contribution in [0.1, 0.15) is 5.56 Å². The van der Waals surface area contributed by atoms with Gasteiger partial charge in [0.1, 0.15) is 0 Å². The maximum atomic E-state index is 6.06. The quantitative estimate of drug-likeness (QED) is 0.0830. The van der Waals surface area contributed by atoms with Crippen molar-refractivity contribution in [3.63, 3.8) is 0 Å². The van der Waals surface area contributed by atoms with Crippen LogP contribution in [0.15, 0.2) is 30.3 Å². The minimum absolute atomic E-state index is 0. The number of rotatable bonds is 1. The second-order valence-electron chi connectivity index (χ2n) is 2.15. The van der Waals surface area contributed by atoms with Crippen molar-refractivity contribution < 1.29 is 95.9 Å². The molecular weight excluding hydrogens is 1270 g/mol. The zero-order chi connectivity index (χ0) is 11.4. The molecule has 0 aliphatic heterocycles. The van der Waals surface area contributed by atoms with E-state index in [1.165, 1.54) is 12.6 Å². The second kappa shape index (κ2) is 56.2. The van der Waals surface area contributed by atoms with Gasteiger partial charge in [0.2, 0.25) is 0 Å². The maximum Gasteiger partial charge on any atom is 4.00 e. The number of hydrogen-bond acceptors (Lipinski definition) is 3. The summed E-state index contributed by atoms with van der Waals surface area (Å²) in [6.45, 7) is 0.640. The molecule has 0 aromatic heterocycles. The zero-order valence-electron chi connectivity index (χ0n) is 11.6. The van der Waals surface area contributed by atoms with Crippen molar-refractivity contribution in [2.45, 2.75) is 6.54 Å². The first kappa shape index (κ1) is 63.3. The molecule has 9 N–H and O–H groups in total. The summed E-state index contributed by atoms with van der Waals surface area (Å²) in [7, 11) is 1.50. The second-order valence-corrected chi connectivity index (χ2v) is 2.15. The molecular formula is C9H22I7N5Pb. The molecule has 136 valence electrons. The molecule has 13 heteroatoms. The van der Waals surface area contributed by atoms with Crippen LogP contribution < -0.4 is 119 Å². The molecule has 0 radical (unpaired) electrons. The Labute approximate surface area is 273 Å². The van der Waals surface area contributed by atoms with Gasteiger partial charge in [0.25, 0.3) is 0 Å². The van der Waals surface area contributed by atoms with Gasteiger partial charge in [-0.05, 0) is 12.6 Å². The third kappa shape index (κ3) is 64.4. The van der Waals surface area contributed by atoms with Crippen LogP contribution in [0.3, 0.4) is 0 Å². The Bertz CT molecular complexity index is 243. The van der Waals surface area contributed by atoms with Crippen LogP contribution in [0, 0.1) is 5.41 Å². The van der Waals surface area contributed by atoms with Gasteiger partial charge in [-0.2, -0.15) is 0 Å². The van der Waals surface area contributed by atoms with Gasteiger partial charge in [-0.1, -0.05) is 30.3 Å². The number of hydrogen-bond donors (Lipinski definition) is 5. The largest absolute Gasteiger partial charge is 4.00 e. The normalized spacial score (nSPS) is 4.68. The Morgan fingerprint density at radius 2 is 1.09 bits per heavy atom. The molecule has 22 heavy (non-hydrogen) atoms. The Balaban J connectivity index is -0.0000000118. The van der Waals surface area contributed by atoms with Crippen molar-refractivity contribution in [2.75, 3.05) is 7.05 Å². The monoisotopic (exact) mass is 1300 g/mol. The van der Waals surface area contributed by atoms with Crippen molar-refractivity contribution >= 4 is 105 Å². The van der Waals surface area contributed by atoms with E-state index in [-0.39, 0.29) is 201 Å². The summed E-state index contributed by atoms with van der Waals surface area (Å²) in [5, 5.41) is 6.06. The van der Waals surface area contributed by atoms with Crippen molar-refractivity contribution in [3.8, 4) is 0 Å². The van der Waals surface area contributed by atoms with Gasteiger partial charge >= 0.3 is 27.3 Å². The van der Waals surface area contributed by atoms with Gasteiger partial charge in [-0.15, -0.1) is 71.9 Å². The van der Waals surface area contributed by atoms with Crippen LogP contribution in [0.5, 0.6) is 0 Å². The molecule has 0 bridgehead atoms. The van der Waals surface area contributed by atoms with Crippen molar-refractivity contribution in [3.05, 3.63) is 35.9 Å². The standard InChI is InChI=1S/C7H9N.CH5N3.CH5N.7HI.Pb/c8-6-7-4-2-1-3-5-7;2-1(3)4;1-2;;;;;;;;/h1-5H,6,8H2;(H5,2,3,4);2H2,1H3;7*1H;/q;;;;;;;;;;+4/p-4. The van der Waals surface area contributed by atoms with Crippen molar-refractivity contribution in [1.82, 2.24) is 0 Å². The molecule has 0 unspecified atom stereocenters. The molecule has 0 saturated heterocycles. The summed E-state index contributed by atoms with van der Waals surface area (Å²) in [5.41, 5.74) is 20.0. The van der Waals surface area contributed by atoms with E-state index in [4.69, 9.17) is 11.1 Å². The molecule has 1 aromatic rings. The Morgan fingerprint density at radius 3 is 1.23 bits per heavy atom. The van der Waals surface area contributed by atoms with E-state index < -0.39 is 0 Å². The minimum Gasteiger partial charge on any atom is -1.00 e. The van der Waals surface area contributed by atoms with E-state index >= 15 is 0 Å². The van der Waals surface area contributed by atoms with Crippen LogP contribution in [0.4, 0.5) is 0 Å². The number of nitrogens with two attached hydrogens (primary N) is 4. The average Bonchev–Trinajstić information content (AvgIpc) is 2.21. The summed E-state index contributed by atoms with van der Waals surface area (Å²) < 4.78 is 0. The van der Waals surface area contributed by atoms with Crippen molar-refractivity contribution in [2.24, 2.45) is 22.9 Å². The van der Waals surface area contributed by atoms with E-state index in [9.17, 15) is 0 Å². The number of nitrogens with one attached hydrogen (secondary N) is 1. The molecule has 1 aromatic carbocycles. The Kier molecular flexibility index (Phi) is 162. The molecule has 0 spiro atoms. The summed E-state index contributed by atoms with van der Waals surface area (Å²) in [4.78, 5) is 0. The first-order valence-electron chi connectivity index (χ1n) is 4.08. The topological polar surface area (TPSA) is 128 Å². The molecule has 5 nitrogen and oxygen atoms in total. The predicted octanol–water partition coefficient (Wildman–Crippen LogP) is -11.0. The Morgan fingerprint density at radius 1 is 0.864 bits per heavy atom. The molecule has 0 atom stereocenters. The first-order valence-corrected chi connectivity index (χ1v) is 4.08. The van der Waals surface area contributed by atoms with E-state index in [1.807, 2.05) is 30.3 Å². The summed E-state index contributed by atoms with van der Waals surface area (Å²) in [6.07, 6.45) is 0. The molecule has 0 heterocycles. The van der Waals surface area contributed by atoms with E-state index in [1.54, 1.807) is 0 Å². The van der Waals surface area contributed by atoms with Gasteiger partial charge in [-0.3, -0.25) is 5.41 Å². The van der Waals surface area contributed by atoms with Crippen molar-refractivity contribution in [1.29, 1.82) is 5.41 Å². The molecule has 0 aliphatic carbocycles. The number of benzene rings is 1. The maximum absolute atomic E-state index is 6.06. The predicted molar refractivity (Wildman–Crippen MR) is 113 cm³/mol. The van der Waals surface area contributed by atoms with Gasteiger partial charge in [0.05, 0.1) is 0 Å². The van der Waals surface area contributed by atoms with Gasteiger partial charge in [-0.25, -0.2) is 0 Å². The summed E-state index contributed by atoms with van der Waals surface area (Å²) in [6, 6.07) is 9.99. The first-order chi connectivity index (χ1) is 6.66. The minimum atomic E-state index is -0.333. The van der Waals surface area contributed by atoms with E-state index in [2.05, 4.69) is 17.2 Å². The fraction of sp³-hybridized carbons (Fsp3) is 0.222. The van der Waals surface area contributed by atoms with E-state index in [0.717, 1.165) is 0 Å². The molecule has 0 fully saturated rings. The number of halogens is 7. The van der Waals surface area contributed by atoms with Gasteiger partial charge < -0.3 is 119 Å². The molecule has 0 amide bonds. The summed E-state index contributed by atoms with van der Waals surface area (Å²) >= 11 is 0. The molecule has 0 saturated carbocycles. The Hall–Kier alpha value is 4.44. The smallest absolute Gasteiger partial charge is 1.00 e. The summed E-state index contributed by atoms with van der Waals surface area (Å²) in [5.74, 6) is -0.333. The molecule has 1 rings (SSSR count). The van der Waals surface area contributed by atoms with Gasteiger partial charge in [0, 0.05) is 6.54 Å². The van der Waals surface area contributed by atoms with Gasteiger partial charge in [0.15, 0.2) is 5.96 Å². The zero-order valence-corrected chi connectivity index (χ0v) is 31.1. The van der Waals surface area contributed by atoms with Crippen LogP contribution in [0.25, 0.3) is 0 Å². The number of guanidine groups is 1. The molecule has 0 aliphatic rings.